The van der Waals surface area contributed by atoms with E-state index < -0.39 is 22.0 Å². The number of benzene rings is 3. The minimum atomic E-state index is -3.71. The monoisotopic (exact) mass is 671 g/mol. The molecule has 12 heteroatoms. The maximum Gasteiger partial charge on any atom is 0.407 e. The molecule has 1 saturated heterocycles. The molecule has 4 rings (SSSR count). The number of carbonyl (C=O) groups excluding carboxylic acids is 1. The molecule has 47 heavy (non-hydrogen) atoms. The van der Waals surface area contributed by atoms with Crippen LogP contribution in [-0.4, -0.2) is 61.4 Å². The molecule has 0 saturated carbocycles. The second kappa shape index (κ2) is 17.1. The third-order valence-corrected chi connectivity index (χ3v) is 9.51. The predicted molar refractivity (Wildman–Crippen MR) is 177 cm³/mol. The Morgan fingerprint density at radius 1 is 0.809 bits per heavy atom. The molecule has 0 aliphatic carbocycles. The van der Waals surface area contributed by atoms with Crippen LogP contribution in [0.4, 0.5) is 4.79 Å². The Balaban J connectivity index is 1.56. The van der Waals surface area contributed by atoms with Gasteiger partial charge in [-0.25, -0.2) is 13.2 Å². The summed E-state index contributed by atoms with van der Waals surface area (Å²) in [6.45, 7) is 4.38. The molecule has 0 spiro atoms. The molecule has 1 amide bonds. The zero-order chi connectivity index (χ0) is 33.8. The van der Waals surface area contributed by atoms with Crippen LogP contribution in [-0.2, 0) is 25.9 Å². The topological polar surface area (TPSA) is 128 Å². The molecule has 1 fully saturated rings. The van der Waals surface area contributed by atoms with Crippen molar-refractivity contribution in [2.24, 2.45) is 0 Å². The minimum Gasteiger partial charge on any atom is -0.493 e. The van der Waals surface area contributed by atoms with Gasteiger partial charge in [0.25, 0.3) is 0 Å². The summed E-state index contributed by atoms with van der Waals surface area (Å²) in [5.41, 5.74) is 2.38. The smallest absolute Gasteiger partial charge is 0.407 e. The van der Waals surface area contributed by atoms with Gasteiger partial charge in [-0.3, -0.25) is 0 Å². The summed E-state index contributed by atoms with van der Waals surface area (Å²) in [5.74, 6) is 1.91. The highest BCUT2D eigenvalue weighted by atomic mass is 32.2. The minimum absolute atomic E-state index is 0.0488. The van der Waals surface area contributed by atoms with Crippen molar-refractivity contribution in [3.63, 3.8) is 0 Å². The van der Waals surface area contributed by atoms with Gasteiger partial charge in [-0.1, -0.05) is 44.2 Å². The van der Waals surface area contributed by atoms with Crippen molar-refractivity contribution in [2.75, 3.05) is 46.8 Å². The summed E-state index contributed by atoms with van der Waals surface area (Å²) in [5, 5.41) is 2.67. The fourth-order valence-corrected chi connectivity index (χ4v) is 6.86. The Kier molecular flexibility index (Phi) is 13.0. The highest BCUT2D eigenvalue weighted by molar-refractivity contribution is 7.91. The zero-order valence-corrected chi connectivity index (χ0v) is 28.5. The first-order valence-corrected chi connectivity index (χ1v) is 17.5. The number of sulfone groups is 1. The Morgan fingerprint density at radius 2 is 1.45 bits per heavy atom. The number of alkyl carbamates (subject to hydrolysis) is 1. The van der Waals surface area contributed by atoms with E-state index in [1.54, 1.807) is 33.5 Å². The number of methoxy groups -OCH3 is 3. The zero-order valence-electron chi connectivity index (χ0n) is 27.7. The largest absolute Gasteiger partial charge is 0.493 e. The molecular formula is C35H45NO10S. The van der Waals surface area contributed by atoms with Crippen LogP contribution in [0.1, 0.15) is 68.4 Å². The lowest BCUT2D eigenvalue weighted by molar-refractivity contribution is 0.0435. The van der Waals surface area contributed by atoms with Crippen LogP contribution < -0.4 is 29.0 Å². The summed E-state index contributed by atoms with van der Waals surface area (Å²) in [4.78, 5) is 12.3. The fraction of sp³-hybridized carbons (Fsp3) is 0.457. The lowest BCUT2D eigenvalue weighted by Gasteiger charge is -2.21. The van der Waals surface area contributed by atoms with Crippen molar-refractivity contribution in [1.82, 2.24) is 5.32 Å². The van der Waals surface area contributed by atoms with E-state index in [1.165, 1.54) is 0 Å². The van der Waals surface area contributed by atoms with Crippen LogP contribution in [0, 0.1) is 0 Å². The maximum absolute atomic E-state index is 13.5. The Bertz CT molecular complexity index is 1550. The highest BCUT2D eigenvalue weighted by Gasteiger charge is 2.33. The first-order valence-electron chi connectivity index (χ1n) is 15.8. The maximum atomic E-state index is 13.5. The lowest BCUT2D eigenvalue weighted by atomic mass is 10.0. The van der Waals surface area contributed by atoms with Gasteiger partial charge in [0.2, 0.25) is 5.75 Å². The Labute approximate surface area is 277 Å². The van der Waals surface area contributed by atoms with E-state index >= 15 is 0 Å². The molecule has 256 valence electrons. The summed E-state index contributed by atoms with van der Waals surface area (Å²) in [7, 11) is 0.957. The predicted octanol–water partition coefficient (Wildman–Crippen LogP) is 6.58. The van der Waals surface area contributed by atoms with Crippen molar-refractivity contribution >= 4 is 15.9 Å². The normalized spacial score (nSPS) is 15.9. The van der Waals surface area contributed by atoms with E-state index in [-0.39, 0.29) is 48.0 Å². The number of rotatable bonds is 17. The van der Waals surface area contributed by atoms with Crippen molar-refractivity contribution < 1.29 is 46.4 Å². The third kappa shape index (κ3) is 9.23. The highest BCUT2D eigenvalue weighted by Crippen LogP contribution is 2.48. The van der Waals surface area contributed by atoms with Crippen molar-refractivity contribution in [2.45, 2.75) is 63.2 Å². The lowest BCUT2D eigenvalue weighted by Crippen LogP contribution is -2.28. The summed E-state index contributed by atoms with van der Waals surface area (Å²) in [6.07, 6.45) is 1.13. The van der Waals surface area contributed by atoms with Crippen LogP contribution in [0.15, 0.2) is 59.5 Å². The van der Waals surface area contributed by atoms with E-state index in [0.717, 1.165) is 11.1 Å². The Hall–Kier alpha value is -4.16. The fourth-order valence-electron chi connectivity index (χ4n) is 5.35. The van der Waals surface area contributed by atoms with Crippen molar-refractivity contribution in [3.05, 3.63) is 71.3 Å². The van der Waals surface area contributed by atoms with Crippen molar-refractivity contribution in [3.8, 4) is 28.7 Å². The average Bonchev–Trinajstić information content (AvgIpc) is 3.58. The van der Waals surface area contributed by atoms with E-state index in [0.29, 0.717) is 55.1 Å². The molecule has 0 aromatic heterocycles. The molecule has 1 aliphatic rings. The second-order valence-electron chi connectivity index (χ2n) is 11.0. The summed E-state index contributed by atoms with van der Waals surface area (Å²) >= 11 is 0. The molecule has 1 aliphatic heterocycles. The second-order valence-corrected chi connectivity index (χ2v) is 13.1. The molecule has 0 bridgehead atoms. The molecule has 0 radical (unpaired) electrons. The SMILES string of the molecule is CCCOc1c(OCCNC(=O)OCc2ccccc2)cc([C@H]2CC[C@H](c3cc(OC)c(OC)c(OC)c3)O2)cc1S(=O)(=O)CCC. The van der Waals surface area contributed by atoms with E-state index in [4.69, 9.17) is 33.2 Å². The summed E-state index contributed by atoms with van der Waals surface area (Å²) < 4.78 is 67.5. The van der Waals surface area contributed by atoms with Gasteiger partial charge in [-0.05, 0) is 66.6 Å². The van der Waals surface area contributed by atoms with Crippen molar-refractivity contribution in [1.29, 1.82) is 0 Å². The first kappa shape index (κ1) is 35.7. The van der Waals surface area contributed by atoms with Gasteiger partial charge in [0.1, 0.15) is 18.1 Å². The molecule has 1 heterocycles. The molecule has 0 unspecified atom stereocenters. The van der Waals surface area contributed by atoms with Crippen LogP contribution >= 0.6 is 0 Å². The standard InChI is InChI=1S/C35H45NO10S/c1-6-16-44-34-31(43-17-15-36-35(37)45-23-24-11-9-8-10-12-24)21-26(22-32(34)47(38,39)18-7-2)28-14-13-27(46-28)25-19-29(40-3)33(42-5)30(20-25)41-4/h8-12,19-22,27-28H,6-7,13-18,23H2,1-5H3,(H,36,37)/t27-,28-/m1/s1. The van der Waals surface area contributed by atoms with Gasteiger partial charge in [0.05, 0.1) is 52.4 Å². The van der Waals surface area contributed by atoms with E-state index in [2.05, 4.69) is 5.32 Å². The van der Waals surface area contributed by atoms with Gasteiger partial charge >= 0.3 is 6.09 Å². The number of ether oxygens (including phenoxy) is 7. The molecular weight excluding hydrogens is 626 g/mol. The van der Waals surface area contributed by atoms with Crippen LogP contribution in [0.25, 0.3) is 0 Å². The number of carbonyl (C=O) groups is 1. The molecule has 2 atom stereocenters. The van der Waals surface area contributed by atoms with E-state index in [9.17, 15) is 13.2 Å². The van der Waals surface area contributed by atoms with Gasteiger partial charge < -0.3 is 38.5 Å². The van der Waals surface area contributed by atoms with Gasteiger partial charge in [-0.15, -0.1) is 0 Å². The number of amides is 1. The first-order chi connectivity index (χ1) is 22.7. The third-order valence-electron chi connectivity index (χ3n) is 7.59. The number of hydrogen-bond acceptors (Lipinski definition) is 10. The number of nitrogens with one attached hydrogen (secondary N) is 1. The molecule has 11 nitrogen and oxygen atoms in total. The average molecular weight is 672 g/mol. The van der Waals surface area contributed by atoms with Gasteiger partial charge in [0, 0.05) is 0 Å². The van der Waals surface area contributed by atoms with E-state index in [1.807, 2.05) is 56.3 Å². The van der Waals surface area contributed by atoms with Crippen LogP contribution in [0.2, 0.25) is 0 Å². The van der Waals surface area contributed by atoms with Gasteiger partial charge in [0.15, 0.2) is 32.8 Å². The van der Waals surface area contributed by atoms with Gasteiger partial charge in [-0.2, -0.15) is 0 Å². The molecule has 3 aromatic carbocycles. The Morgan fingerprint density at radius 3 is 2.04 bits per heavy atom. The van der Waals surface area contributed by atoms with Crippen LogP contribution in [0.5, 0.6) is 28.7 Å². The summed E-state index contributed by atoms with van der Waals surface area (Å²) in [6, 6.07) is 16.5. The molecule has 3 aromatic rings. The quantitative estimate of drug-likeness (QED) is 0.157. The number of hydrogen-bond donors (Lipinski definition) is 1. The van der Waals surface area contributed by atoms with Crippen LogP contribution in [0.3, 0.4) is 0 Å². The molecule has 1 N–H and O–H groups in total.